The molecule has 2 atom stereocenters. The van der Waals surface area contributed by atoms with Crippen LogP contribution in [0.3, 0.4) is 0 Å². The summed E-state index contributed by atoms with van der Waals surface area (Å²) in [7, 11) is 2.12. The monoisotopic (exact) mass is 308 g/mol. The Kier molecular flexibility index (Phi) is 5.18. The number of nitrogens with zero attached hydrogens (tertiary/aromatic N) is 3. The summed E-state index contributed by atoms with van der Waals surface area (Å²) in [6, 6.07) is 0.468. The Balaban J connectivity index is 1.93. The fourth-order valence-electron chi connectivity index (χ4n) is 3.65. The van der Waals surface area contributed by atoms with E-state index in [1.54, 1.807) is 0 Å². The predicted octanol–water partition coefficient (Wildman–Crippen LogP) is 0.978. The molecule has 2 saturated heterocycles. The van der Waals surface area contributed by atoms with Crippen molar-refractivity contribution in [1.82, 2.24) is 14.7 Å². The number of hydrogen-bond donors (Lipinski definition) is 1. The largest absolute Gasteiger partial charge is 0.401 e. The van der Waals surface area contributed by atoms with Crippen molar-refractivity contribution in [2.45, 2.75) is 37.5 Å². The van der Waals surface area contributed by atoms with Crippen LogP contribution in [0.15, 0.2) is 0 Å². The Morgan fingerprint density at radius 2 is 1.76 bits per heavy atom. The molecule has 0 saturated carbocycles. The second-order valence-corrected chi connectivity index (χ2v) is 6.59. The third-order valence-electron chi connectivity index (χ3n) is 5.18. The van der Waals surface area contributed by atoms with Crippen molar-refractivity contribution >= 4 is 0 Å². The molecule has 124 valence electrons. The molecule has 21 heavy (non-hydrogen) atoms. The van der Waals surface area contributed by atoms with Gasteiger partial charge in [-0.3, -0.25) is 9.80 Å². The predicted molar refractivity (Wildman–Crippen MR) is 77.2 cm³/mol. The number of piperidine rings is 1. The van der Waals surface area contributed by atoms with Crippen LogP contribution in [0, 0.1) is 0 Å². The van der Waals surface area contributed by atoms with Gasteiger partial charge in [-0.15, -0.1) is 0 Å². The fourth-order valence-corrected chi connectivity index (χ4v) is 3.65. The van der Waals surface area contributed by atoms with E-state index in [9.17, 15) is 13.2 Å². The summed E-state index contributed by atoms with van der Waals surface area (Å²) in [5.74, 6) is 0. The van der Waals surface area contributed by atoms with Crippen LogP contribution in [0.1, 0.15) is 19.8 Å². The highest BCUT2D eigenvalue weighted by atomic mass is 19.4. The normalized spacial score (nSPS) is 34.3. The highest BCUT2D eigenvalue weighted by Crippen LogP contribution is 2.32. The van der Waals surface area contributed by atoms with Crippen LogP contribution in [0.4, 0.5) is 13.2 Å². The van der Waals surface area contributed by atoms with Crippen molar-refractivity contribution in [3.63, 3.8) is 0 Å². The molecule has 2 fully saturated rings. The molecule has 0 spiro atoms. The molecular formula is C14H27F3N4. The minimum atomic E-state index is -4.10. The van der Waals surface area contributed by atoms with E-state index in [-0.39, 0.29) is 5.54 Å². The first-order valence-electron chi connectivity index (χ1n) is 7.70. The molecule has 4 nitrogen and oxygen atoms in total. The van der Waals surface area contributed by atoms with Gasteiger partial charge in [-0.1, -0.05) is 0 Å². The lowest BCUT2D eigenvalue weighted by atomic mass is 9.81. The highest BCUT2D eigenvalue weighted by Gasteiger charge is 2.42. The maximum Gasteiger partial charge on any atom is 0.401 e. The number of halogens is 3. The van der Waals surface area contributed by atoms with Crippen LogP contribution in [-0.2, 0) is 0 Å². The van der Waals surface area contributed by atoms with Gasteiger partial charge in [-0.2, -0.15) is 13.2 Å². The summed E-state index contributed by atoms with van der Waals surface area (Å²) in [6.07, 6.45) is -2.10. The molecule has 2 aliphatic heterocycles. The fraction of sp³-hybridized carbons (Fsp3) is 1.00. The van der Waals surface area contributed by atoms with Crippen molar-refractivity contribution < 1.29 is 13.2 Å². The zero-order valence-electron chi connectivity index (χ0n) is 13.0. The minimum absolute atomic E-state index is 0.0315. The Morgan fingerprint density at radius 1 is 1.14 bits per heavy atom. The summed E-state index contributed by atoms with van der Waals surface area (Å²) in [4.78, 5) is 6.16. The number of rotatable bonds is 3. The van der Waals surface area contributed by atoms with E-state index < -0.39 is 12.7 Å². The van der Waals surface area contributed by atoms with Gasteiger partial charge < -0.3 is 10.6 Å². The Hall–Kier alpha value is -0.370. The van der Waals surface area contributed by atoms with Crippen LogP contribution in [-0.4, -0.2) is 85.3 Å². The Morgan fingerprint density at radius 3 is 2.24 bits per heavy atom. The SMILES string of the molecule is CC1CC(CN)(N2CCN(CC(F)(F)F)CC2)CCN1C. The summed E-state index contributed by atoms with van der Waals surface area (Å²) >= 11 is 0. The quantitative estimate of drug-likeness (QED) is 0.843. The topological polar surface area (TPSA) is 35.7 Å². The first-order valence-corrected chi connectivity index (χ1v) is 7.70. The first kappa shape index (κ1) is 17.0. The highest BCUT2D eigenvalue weighted by molar-refractivity contribution is 5.00. The van der Waals surface area contributed by atoms with E-state index in [4.69, 9.17) is 5.73 Å². The number of alkyl halides is 3. The summed E-state index contributed by atoms with van der Waals surface area (Å²) < 4.78 is 37.3. The maximum atomic E-state index is 12.4. The minimum Gasteiger partial charge on any atom is -0.329 e. The van der Waals surface area contributed by atoms with Gasteiger partial charge in [0.1, 0.15) is 0 Å². The van der Waals surface area contributed by atoms with Gasteiger partial charge >= 0.3 is 6.18 Å². The van der Waals surface area contributed by atoms with Gasteiger partial charge in [0.2, 0.25) is 0 Å². The zero-order valence-corrected chi connectivity index (χ0v) is 13.0. The molecular weight excluding hydrogens is 281 g/mol. The van der Waals surface area contributed by atoms with Gasteiger partial charge in [0.15, 0.2) is 0 Å². The van der Waals surface area contributed by atoms with Crippen molar-refractivity contribution in [3.05, 3.63) is 0 Å². The van der Waals surface area contributed by atoms with E-state index >= 15 is 0 Å². The van der Waals surface area contributed by atoms with Gasteiger partial charge in [0.25, 0.3) is 0 Å². The molecule has 2 rings (SSSR count). The zero-order chi connectivity index (χ0) is 15.7. The van der Waals surface area contributed by atoms with E-state index in [1.807, 2.05) is 0 Å². The molecule has 2 aliphatic rings. The molecule has 0 aromatic heterocycles. The van der Waals surface area contributed by atoms with Crippen LogP contribution in [0.2, 0.25) is 0 Å². The molecule has 2 unspecified atom stereocenters. The lowest BCUT2D eigenvalue weighted by Gasteiger charge is -2.52. The first-order chi connectivity index (χ1) is 9.76. The van der Waals surface area contributed by atoms with Crippen molar-refractivity contribution in [2.24, 2.45) is 5.73 Å². The maximum absolute atomic E-state index is 12.4. The standard InChI is InChI=1S/C14H27F3N4/c1-12-9-13(10-18,3-4-19(12)2)21-7-5-20(6-8-21)11-14(15,16)17/h12H,3-11,18H2,1-2H3. The van der Waals surface area contributed by atoms with Crippen LogP contribution >= 0.6 is 0 Å². The lowest BCUT2D eigenvalue weighted by molar-refractivity contribution is -0.151. The molecule has 2 heterocycles. The van der Waals surface area contributed by atoms with E-state index in [2.05, 4.69) is 23.8 Å². The van der Waals surface area contributed by atoms with Crippen molar-refractivity contribution in [1.29, 1.82) is 0 Å². The smallest absolute Gasteiger partial charge is 0.329 e. The van der Waals surface area contributed by atoms with Crippen LogP contribution < -0.4 is 5.73 Å². The molecule has 0 radical (unpaired) electrons. The van der Waals surface area contributed by atoms with Gasteiger partial charge in [-0.25, -0.2) is 0 Å². The summed E-state index contributed by atoms with van der Waals surface area (Å²) in [5.41, 5.74) is 6.03. The van der Waals surface area contributed by atoms with Crippen molar-refractivity contribution in [2.75, 3.05) is 52.9 Å². The molecule has 0 aromatic rings. The lowest BCUT2D eigenvalue weighted by Crippen LogP contribution is -2.65. The summed E-state index contributed by atoms with van der Waals surface area (Å²) in [5, 5.41) is 0. The third kappa shape index (κ3) is 4.09. The second-order valence-electron chi connectivity index (χ2n) is 6.59. The Bertz CT molecular complexity index is 342. The number of nitrogens with two attached hydrogens (primary N) is 1. The van der Waals surface area contributed by atoms with Crippen molar-refractivity contribution in [3.8, 4) is 0 Å². The molecule has 0 aromatic carbocycles. The van der Waals surface area contributed by atoms with Crippen LogP contribution in [0.5, 0.6) is 0 Å². The average Bonchev–Trinajstić information content (AvgIpc) is 2.41. The number of piperazine rings is 1. The average molecular weight is 308 g/mol. The van der Waals surface area contributed by atoms with E-state index in [1.165, 1.54) is 4.90 Å². The van der Waals surface area contributed by atoms with E-state index in [0.717, 1.165) is 19.4 Å². The van der Waals surface area contributed by atoms with Gasteiger partial charge in [0, 0.05) is 44.3 Å². The van der Waals surface area contributed by atoms with Gasteiger partial charge in [0.05, 0.1) is 6.54 Å². The molecule has 0 aliphatic carbocycles. The third-order valence-corrected chi connectivity index (χ3v) is 5.18. The van der Waals surface area contributed by atoms with E-state index in [0.29, 0.717) is 38.8 Å². The summed E-state index contributed by atoms with van der Waals surface area (Å²) in [6.45, 7) is 5.31. The second kappa shape index (κ2) is 6.40. The Labute approximate surface area is 125 Å². The molecule has 2 N–H and O–H groups in total. The number of likely N-dealkylation sites (tertiary alicyclic amines) is 1. The van der Waals surface area contributed by atoms with Gasteiger partial charge in [-0.05, 0) is 33.4 Å². The molecule has 0 amide bonds. The number of hydrogen-bond acceptors (Lipinski definition) is 4. The molecule has 7 heteroatoms. The van der Waals surface area contributed by atoms with Crippen LogP contribution in [0.25, 0.3) is 0 Å². The molecule has 0 bridgehead atoms.